The summed E-state index contributed by atoms with van der Waals surface area (Å²) < 4.78 is 0. The van der Waals surface area contributed by atoms with E-state index in [1.807, 2.05) is 0 Å². The second kappa shape index (κ2) is 3.07. The zero-order valence-corrected chi connectivity index (χ0v) is 5.68. The van der Waals surface area contributed by atoms with Gasteiger partial charge >= 0.3 is 0 Å². The number of rotatable bonds is 2. The number of carbonyl (C=O) groups is 1. The van der Waals surface area contributed by atoms with Gasteiger partial charge < -0.3 is 5.32 Å². The molecule has 0 spiro atoms. The highest BCUT2D eigenvalue weighted by Crippen LogP contribution is 2.10. The number of ketones is 1. The Hall–Kier alpha value is -1.23. The standard InChI is InChI=1S/C8H9NO/c1-2-5-9-7-3-4-8(10)6-7/h1,6,9H,3-5H2. The molecule has 0 radical (unpaired) electrons. The average molecular weight is 135 g/mol. The lowest BCUT2D eigenvalue weighted by atomic mass is 10.3. The van der Waals surface area contributed by atoms with Gasteiger partial charge in [0.2, 0.25) is 0 Å². The summed E-state index contributed by atoms with van der Waals surface area (Å²) in [7, 11) is 0. The second-order valence-electron chi connectivity index (χ2n) is 2.19. The number of allylic oxidation sites excluding steroid dienone is 2. The summed E-state index contributed by atoms with van der Waals surface area (Å²) in [5.41, 5.74) is 0.975. The van der Waals surface area contributed by atoms with Crippen LogP contribution in [0.2, 0.25) is 0 Å². The molecule has 52 valence electrons. The SMILES string of the molecule is C#CCNC1=CC(=O)CC1. The molecule has 2 nitrogen and oxygen atoms in total. The third-order valence-electron chi connectivity index (χ3n) is 1.39. The van der Waals surface area contributed by atoms with Gasteiger partial charge in [0.05, 0.1) is 6.54 Å². The van der Waals surface area contributed by atoms with Crippen LogP contribution < -0.4 is 5.32 Å². The van der Waals surface area contributed by atoms with Gasteiger partial charge in [-0.05, 0) is 6.42 Å². The molecule has 0 aromatic carbocycles. The Morgan fingerprint density at radius 2 is 2.50 bits per heavy atom. The molecule has 0 bridgehead atoms. The van der Waals surface area contributed by atoms with Crippen LogP contribution >= 0.6 is 0 Å². The molecule has 0 aromatic heterocycles. The van der Waals surface area contributed by atoms with E-state index in [1.54, 1.807) is 6.08 Å². The van der Waals surface area contributed by atoms with Crippen molar-refractivity contribution >= 4 is 5.78 Å². The molecule has 1 aliphatic carbocycles. The first-order chi connectivity index (χ1) is 4.83. The molecule has 0 aromatic rings. The van der Waals surface area contributed by atoms with Crippen molar-refractivity contribution in [2.45, 2.75) is 12.8 Å². The minimum absolute atomic E-state index is 0.194. The van der Waals surface area contributed by atoms with Gasteiger partial charge in [-0.2, -0.15) is 0 Å². The van der Waals surface area contributed by atoms with Crippen molar-refractivity contribution in [3.8, 4) is 12.3 Å². The minimum Gasteiger partial charge on any atom is -0.377 e. The predicted molar refractivity (Wildman–Crippen MR) is 39.2 cm³/mol. The maximum Gasteiger partial charge on any atom is 0.157 e. The van der Waals surface area contributed by atoms with Crippen LogP contribution in [0.4, 0.5) is 0 Å². The molecular formula is C8H9NO. The molecule has 0 atom stereocenters. The molecule has 0 unspecified atom stereocenters. The van der Waals surface area contributed by atoms with Crippen LogP contribution in [0, 0.1) is 12.3 Å². The van der Waals surface area contributed by atoms with Crippen molar-refractivity contribution in [1.29, 1.82) is 0 Å². The minimum atomic E-state index is 0.194. The number of nitrogens with one attached hydrogen (secondary N) is 1. The summed E-state index contributed by atoms with van der Waals surface area (Å²) in [5, 5.41) is 2.97. The number of carbonyl (C=O) groups excluding carboxylic acids is 1. The van der Waals surface area contributed by atoms with E-state index in [2.05, 4.69) is 11.2 Å². The molecule has 0 fully saturated rings. The van der Waals surface area contributed by atoms with Crippen LogP contribution in [-0.2, 0) is 4.79 Å². The summed E-state index contributed by atoms with van der Waals surface area (Å²) >= 11 is 0. The normalized spacial score (nSPS) is 16.3. The van der Waals surface area contributed by atoms with Gasteiger partial charge in [0, 0.05) is 18.2 Å². The van der Waals surface area contributed by atoms with E-state index in [-0.39, 0.29) is 5.78 Å². The van der Waals surface area contributed by atoms with Crippen molar-refractivity contribution in [2.75, 3.05) is 6.54 Å². The molecule has 1 aliphatic rings. The third kappa shape index (κ3) is 1.63. The van der Waals surface area contributed by atoms with Gasteiger partial charge in [0.25, 0.3) is 0 Å². The first-order valence-corrected chi connectivity index (χ1v) is 3.23. The lowest BCUT2D eigenvalue weighted by Gasteiger charge is -1.98. The van der Waals surface area contributed by atoms with Crippen molar-refractivity contribution in [2.24, 2.45) is 0 Å². The van der Waals surface area contributed by atoms with E-state index in [0.717, 1.165) is 12.1 Å². The van der Waals surface area contributed by atoms with Crippen LogP contribution in [0.15, 0.2) is 11.8 Å². The lowest BCUT2D eigenvalue weighted by molar-refractivity contribution is -0.114. The molecule has 10 heavy (non-hydrogen) atoms. The Balaban J connectivity index is 2.37. The Morgan fingerprint density at radius 1 is 1.70 bits per heavy atom. The van der Waals surface area contributed by atoms with Crippen LogP contribution in [-0.4, -0.2) is 12.3 Å². The second-order valence-corrected chi connectivity index (χ2v) is 2.19. The zero-order valence-electron chi connectivity index (χ0n) is 5.68. The molecule has 0 aliphatic heterocycles. The van der Waals surface area contributed by atoms with Gasteiger partial charge in [-0.1, -0.05) is 5.92 Å². The van der Waals surface area contributed by atoms with Crippen molar-refractivity contribution in [1.82, 2.24) is 5.32 Å². The molecule has 1 N–H and O–H groups in total. The van der Waals surface area contributed by atoms with Crippen molar-refractivity contribution in [3.05, 3.63) is 11.8 Å². The van der Waals surface area contributed by atoms with Gasteiger partial charge in [0.15, 0.2) is 5.78 Å². The van der Waals surface area contributed by atoms with Crippen molar-refractivity contribution in [3.63, 3.8) is 0 Å². The van der Waals surface area contributed by atoms with Crippen LogP contribution in [0.3, 0.4) is 0 Å². The Bertz CT molecular complexity index is 210. The summed E-state index contributed by atoms with van der Waals surface area (Å²) in [6.45, 7) is 0.513. The average Bonchev–Trinajstić information content (AvgIpc) is 2.31. The largest absolute Gasteiger partial charge is 0.377 e. The summed E-state index contributed by atoms with van der Waals surface area (Å²) in [5.74, 6) is 2.64. The summed E-state index contributed by atoms with van der Waals surface area (Å²) in [4.78, 5) is 10.6. The highest BCUT2D eigenvalue weighted by Gasteiger charge is 2.09. The van der Waals surface area contributed by atoms with E-state index in [9.17, 15) is 4.79 Å². The van der Waals surface area contributed by atoms with E-state index in [4.69, 9.17) is 6.42 Å². The highest BCUT2D eigenvalue weighted by molar-refractivity contribution is 5.92. The van der Waals surface area contributed by atoms with Crippen LogP contribution in [0.1, 0.15) is 12.8 Å². The smallest absolute Gasteiger partial charge is 0.157 e. The molecule has 0 heterocycles. The van der Waals surface area contributed by atoms with Crippen LogP contribution in [0.5, 0.6) is 0 Å². The molecule has 0 saturated carbocycles. The molecule has 2 heteroatoms. The van der Waals surface area contributed by atoms with Crippen molar-refractivity contribution < 1.29 is 4.79 Å². The maximum atomic E-state index is 10.6. The molecule has 0 saturated heterocycles. The summed E-state index contributed by atoms with van der Waals surface area (Å²) in [6, 6.07) is 0. The Morgan fingerprint density at radius 3 is 3.00 bits per heavy atom. The van der Waals surface area contributed by atoms with E-state index >= 15 is 0 Å². The summed E-state index contributed by atoms with van der Waals surface area (Å²) in [6.07, 6.45) is 8.09. The Kier molecular flexibility index (Phi) is 2.11. The topological polar surface area (TPSA) is 29.1 Å². The van der Waals surface area contributed by atoms with Gasteiger partial charge in [-0.3, -0.25) is 4.79 Å². The molecular weight excluding hydrogens is 126 g/mol. The molecule has 0 amide bonds. The first kappa shape index (κ1) is 6.88. The lowest BCUT2D eigenvalue weighted by Crippen LogP contribution is -2.10. The number of hydrogen-bond donors (Lipinski definition) is 1. The third-order valence-corrected chi connectivity index (χ3v) is 1.39. The van der Waals surface area contributed by atoms with E-state index in [1.165, 1.54) is 0 Å². The fourth-order valence-corrected chi connectivity index (χ4v) is 0.901. The van der Waals surface area contributed by atoms with E-state index < -0.39 is 0 Å². The quantitative estimate of drug-likeness (QED) is 0.557. The van der Waals surface area contributed by atoms with Gasteiger partial charge in [-0.25, -0.2) is 0 Å². The monoisotopic (exact) mass is 135 g/mol. The Labute approximate surface area is 60.3 Å². The fourth-order valence-electron chi connectivity index (χ4n) is 0.901. The highest BCUT2D eigenvalue weighted by atomic mass is 16.1. The number of terminal acetylenes is 1. The molecule has 1 rings (SSSR count). The number of hydrogen-bond acceptors (Lipinski definition) is 2. The van der Waals surface area contributed by atoms with E-state index in [0.29, 0.717) is 13.0 Å². The zero-order chi connectivity index (χ0) is 7.40. The fraction of sp³-hybridized carbons (Fsp3) is 0.375. The van der Waals surface area contributed by atoms with Gasteiger partial charge in [0.1, 0.15) is 0 Å². The maximum absolute atomic E-state index is 10.6. The predicted octanol–water partition coefficient (Wildman–Crippen LogP) is 0.456. The van der Waals surface area contributed by atoms with Crippen LogP contribution in [0.25, 0.3) is 0 Å². The first-order valence-electron chi connectivity index (χ1n) is 3.23. The van der Waals surface area contributed by atoms with Gasteiger partial charge in [-0.15, -0.1) is 6.42 Å².